The van der Waals surface area contributed by atoms with Crippen molar-refractivity contribution in [3.63, 3.8) is 0 Å². The summed E-state index contributed by atoms with van der Waals surface area (Å²) in [5, 5.41) is 3.22. The third kappa shape index (κ3) is 3.56. The molecule has 0 aromatic rings. The number of carbonyl (C=O) groups excluding carboxylic acids is 1. The van der Waals surface area contributed by atoms with Crippen molar-refractivity contribution in [2.75, 3.05) is 19.6 Å². The van der Waals surface area contributed by atoms with Crippen molar-refractivity contribution in [1.82, 2.24) is 10.2 Å². The Morgan fingerprint density at radius 2 is 2.47 bits per heavy atom. The maximum absolute atomic E-state index is 11.9. The summed E-state index contributed by atoms with van der Waals surface area (Å²) in [6.07, 6.45) is 8.93. The predicted molar refractivity (Wildman–Crippen MR) is 61.3 cm³/mol. The van der Waals surface area contributed by atoms with Crippen molar-refractivity contribution < 1.29 is 4.79 Å². The Balaban J connectivity index is 2.37. The molecule has 1 N–H and O–H groups in total. The average molecular weight is 208 g/mol. The lowest BCUT2D eigenvalue weighted by atomic mass is 10.0. The van der Waals surface area contributed by atoms with Gasteiger partial charge in [-0.3, -0.25) is 4.79 Å². The van der Waals surface area contributed by atoms with E-state index in [1.165, 1.54) is 0 Å². The van der Waals surface area contributed by atoms with E-state index in [-0.39, 0.29) is 11.9 Å². The molecule has 1 saturated heterocycles. The van der Waals surface area contributed by atoms with Gasteiger partial charge in [0.1, 0.15) is 0 Å². The minimum absolute atomic E-state index is 0.0367. The van der Waals surface area contributed by atoms with Crippen LogP contribution in [0, 0.1) is 12.3 Å². The molecule has 1 fully saturated rings. The topological polar surface area (TPSA) is 32.3 Å². The Bertz CT molecular complexity index is 242. The summed E-state index contributed by atoms with van der Waals surface area (Å²) in [4.78, 5) is 13.9. The number of rotatable bonds is 5. The van der Waals surface area contributed by atoms with Gasteiger partial charge in [-0.1, -0.05) is 6.92 Å². The molecular weight excluding hydrogens is 188 g/mol. The zero-order valence-electron chi connectivity index (χ0n) is 9.46. The van der Waals surface area contributed by atoms with Crippen LogP contribution in [-0.4, -0.2) is 36.5 Å². The smallest absolute Gasteiger partial charge is 0.239 e. The molecule has 0 aromatic heterocycles. The minimum Gasteiger partial charge on any atom is -0.341 e. The van der Waals surface area contributed by atoms with Gasteiger partial charge < -0.3 is 10.2 Å². The molecule has 3 heteroatoms. The number of nitrogens with zero attached hydrogens (tertiary/aromatic N) is 1. The molecule has 0 spiro atoms. The lowest BCUT2D eigenvalue weighted by Gasteiger charge is -2.32. The highest BCUT2D eigenvalue weighted by molar-refractivity contribution is 5.82. The Labute approximate surface area is 92.2 Å². The number of terminal acetylenes is 1. The van der Waals surface area contributed by atoms with Crippen LogP contribution in [0.25, 0.3) is 0 Å². The van der Waals surface area contributed by atoms with Gasteiger partial charge in [0.2, 0.25) is 5.91 Å². The minimum atomic E-state index is 0.0367. The van der Waals surface area contributed by atoms with Crippen LogP contribution in [0.5, 0.6) is 0 Å². The number of piperidine rings is 1. The van der Waals surface area contributed by atoms with Crippen molar-refractivity contribution in [2.45, 2.75) is 38.6 Å². The van der Waals surface area contributed by atoms with E-state index in [1.807, 2.05) is 11.8 Å². The molecule has 1 rings (SSSR count). The molecule has 0 bridgehead atoms. The highest BCUT2D eigenvalue weighted by Crippen LogP contribution is 2.12. The van der Waals surface area contributed by atoms with Gasteiger partial charge in [0.15, 0.2) is 0 Å². The highest BCUT2D eigenvalue weighted by Gasteiger charge is 2.26. The van der Waals surface area contributed by atoms with Crippen LogP contribution < -0.4 is 5.32 Å². The monoisotopic (exact) mass is 208 g/mol. The quantitative estimate of drug-likeness (QED) is 0.540. The van der Waals surface area contributed by atoms with E-state index in [1.54, 1.807) is 0 Å². The van der Waals surface area contributed by atoms with Gasteiger partial charge in [-0.15, -0.1) is 12.3 Å². The van der Waals surface area contributed by atoms with E-state index >= 15 is 0 Å². The second kappa shape index (κ2) is 6.47. The fourth-order valence-electron chi connectivity index (χ4n) is 1.97. The molecule has 0 aromatic carbocycles. The first-order valence-electron chi connectivity index (χ1n) is 5.75. The number of nitrogens with one attached hydrogen (secondary N) is 1. The molecular formula is C12H20N2O. The summed E-state index contributed by atoms with van der Waals surface area (Å²) in [5.41, 5.74) is 0. The number of unbranched alkanes of at least 4 members (excludes halogenated alkanes) is 1. The number of hydrogen-bond donors (Lipinski definition) is 1. The van der Waals surface area contributed by atoms with Gasteiger partial charge in [-0.2, -0.15) is 0 Å². The van der Waals surface area contributed by atoms with Gasteiger partial charge in [-0.05, 0) is 25.8 Å². The lowest BCUT2D eigenvalue weighted by molar-refractivity contribution is -0.135. The van der Waals surface area contributed by atoms with Crippen LogP contribution in [0.3, 0.4) is 0 Å². The van der Waals surface area contributed by atoms with E-state index < -0.39 is 0 Å². The van der Waals surface area contributed by atoms with Crippen LogP contribution in [0.2, 0.25) is 0 Å². The van der Waals surface area contributed by atoms with Crippen LogP contribution in [0.4, 0.5) is 0 Å². The molecule has 0 saturated carbocycles. The Morgan fingerprint density at radius 3 is 3.13 bits per heavy atom. The standard InChI is InChI=1S/C12H20N2O/c1-3-5-6-9-14-10-7-8-11(12(14)15)13-4-2/h1,11,13H,4-10H2,2H3. The highest BCUT2D eigenvalue weighted by atomic mass is 16.2. The van der Waals surface area contributed by atoms with Crippen molar-refractivity contribution in [3.8, 4) is 12.3 Å². The van der Waals surface area contributed by atoms with Crippen molar-refractivity contribution in [2.24, 2.45) is 0 Å². The molecule has 1 heterocycles. The number of likely N-dealkylation sites (N-methyl/N-ethyl adjacent to an activating group) is 1. The van der Waals surface area contributed by atoms with Gasteiger partial charge in [0.05, 0.1) is 6.04 Å². The van der Waals surface area contributed by atoms with Crippen LogP contribution >= 0.6 is 0 Å². The van der Waals surface area contributed by atoms with E-state index in [0.717, 1.165) is 45.3 Å². The van der Waals surface area contributed by atoms with Gasteiger partial charge >= 0.3 is 0 Å². The summed E-state index contributed by atoms with van der Waals surface area (Å²) >= 11 is 0. The SMILES string of the molecule is C#CCCCN1CCCC(NCC)C1=O. The van der Waals surface area contributed by atoms with E-state index in [2.05, 4.69) is 11.2 Å². The maximum atomic E-state index is 11.9. The number of likely N-dealkylation sites (tertiary alicyclic amines) is 1. The normalized spacial score (nSPS) is 21.5. The molecule has 1 unspecified atom stereocenters. The zero-order valence-corrected chi connectivity index (χ0v) is 9.46. The Kier molecular flexibility index (Phi) is 5.20. The Morgan fingerprint density at radius 1 is 1.67 bits per heavy atom. The fraction of sp³-hybridized carbons (Fsp3) is 0.750. The number of amides is 1. The van der Waals surface area contributed by atoms with Crippen LogP contribution in [-0.2, 0) is 4.79 Å². The number of hydrogen-bond acceptors (Lipinski definition) is 2. The second-order valence-electron chi connectivity index (χ2n) is 3.89. The molecule has 0 radical (unpaired) electrons. The zero-order chi connectivity index (χ0) is 11.1. The van der Waals surface area contributed by atoms with Crippen molar-refractivity contribution in [1.29, 1.82) is 0 Å². The summed E-state index contributed by atoms with van der Waals surface area (Å²) in [6.45, 7) is 4.59. The van der Waals surface area contributed by atoms with E-state index in [0.29, 0.717) is 0 Å². The van der Waals surface area contributed by atoms with Gasteiger partial charge in [-0.25, -0.2) is 0 Å². The Hall–Kier alpha value is -1.01. The third-order valence-corrected chi connectivity index (χ3v) is 2.73. The molecule has 1 aliphatic rings. The molecule has 3 nitrogen and oxygen atoms in total. The summed E-state index contributed by atoms with van der Waals surface area (Å²) in [6, 6.07) is 0.0367. The largest absolute Gasteiger partial charge is 0.341 e. The summed E-state index contributed by atoms with van der Waals surface area (Å²) in [5.74, 6) is 2.86. The first-order valence-corrected chi connectivity index (χ1v) is 5.75. The summed E-state index contributed by atoms with van der Waals surface area (Å²) < 4.78 is 0. The third-order valence-electron chi connectivity index (χ3n) is 2.73. The summed E-state index contributed by atoms with van der Waals surface area (Å²) in [7, 11) is 0. The maximum Gasteiger partial charge on any atom is 0.239 e. The van der Waals surface area contributed by atoms with E-state index in [4.69, 9.17) is 6.42 Å². The first kappa shape index (κ1) is 12.1. The van der Waals surface area contributed by atoms with Crippen molar-refractivity contribution >= 4 is 5.91 Å². The van der Waals surface area contributed by atoms with Gasteiger partial charge in [0.25, 0.3) is 0 Å². The lowest BCUT2D eigenvalue weighted by Crippen LogP contribution is -2.50. The molecule has 0 aliphatic carbocycles. The molecule has 84 valence electrons. The molecule has 1 atom stereocenters. The molecule has 1 amide bonds. The number of carbonyl (C=O) groups is 1. The molecule has 15 heavy (non-hydrogen) atoms. The second-order valence-corrected chi connectivity index (χ2v) is 3.89. The van der Waals surface area contributed by atoms with Crippen molar-refractivity contribution in [3.05, 3.63) is 0 Å². The van der Waals surface area contributed by atoms with E-state index in [9.17, 15) is 4.79 Å². The molecule has 1 aliphatic heterocycles. The predicted octanol–water partition coefficient (Wildman–Crippen LogP) is 1.00. The average Bonchev–Trinajstić information content (AvgIpc) is 2.24. The van der Waals surface area contributed by atoms with Gasteiger partial charge in [0, 0.05) is 19.5 Å². The fourth-order valence-corrected chi connectivity index (χ4v) is 1.97. The van der Waals surface area contributed by atoms with Crippen LogP contribution in [0.15, 0.2) is 0 Å². The first-order chi connectivity index (χ1) is 7.29. The van der Waals surface area contributed by atoms with Crippen LogP contribution in [0.1, 0.15) is 32.6 Å².